The lowest BCUT2D eigenvalue weighted by atomic mass is 9.86. The molecule has 0 aromatic heterocycles. The van der Waals surface area contributed by atoms with Gasteiger partial charge >= 0.3 is 5.97 Å². The molecular weight excluding hydrogens is 262 g/mol. The average Bonchev–Trinajstić information content (AvgIpc) is 2.49. The van der Waals surface area contributed by atoms with Gasteiger partial charge in [0.05, 0.1) is 12.7 Å². The minimum absolute atomic E-state index is 0.341. The topological polar surface area (TPSA) is 50.1 Å². The smallest absolute Gasteiger partial charge is 0.326 e. The summed E-state index contributed by atoms with van der Waals surface area (Å²) in [4.78, 5) is 11.7. The third kappa shape index (κ3) is 9.50. The second-order valence-corrected chi connectivity index (χ2v) is 6.10. The number of nitrogens with zero attached hydrogens (tertiary/aromatic N) is 1. The molecule has 0 aliphatic carbocycles. The molecule has 0 rings (SSSR count). The fourth-order valence-electron chi connectivity index (χ4n) is 2.46. The summed E-state index contributed by atoms with van der Waals surface area (Å²) in [6.45, 7) is 6.05. The maximum atomic E-state index is 11.7. The van der Waals surface area contributed by atoms with Gasteiger partial charge in [0.1, 0.15) is 0 Å². The van der Waals surface area contributed by atoms with E-state index in [-0.39, 0.29) is 5.97 Å². The van der Waals surface area contributed by atoms with Gasteiger partial charge in [0.15, 0.2) is 5.41 Å². The second-order valence-electron chi connectivity index (χ2n) is 6.10. The van der Waals surface area contributed by atoms with E-state index in [9.17, 15) is 10.1 Å². The second kappa shape index (κ2) is 12.7. The van der Waals surface area contributed by atoms with Gasteiger partial charge in [-0.05, 0) is 20.3 Å². The summed E-state index contributed by atoms with van der Waals surface area (Å²) in [5, 5.41) is 9.18. The van der Waals surface area contributed by atoms with Gasteiger partial charge in [-0.15, -0.1) is 0 Å². The highest BCUT2D eigenvalue weighted by Crippen LogP contribution is 2.26. The number of rotatable bonds is 13. The van der Waals surface area contributed by atoms with Gasteiger partial charge < -0.3 is 4.74 Å². The Morgan fingerprint density at radius 3 is 1.86 bits per heavy atom. The van der Waals surface area contributed by atoms with Crippen molar-refractivity contribution in [3.05, 3.63) is 0 Å². The Kier molecular flexibility index (Phi) is 12.1. The Bertz CT molecular complexity index is 309. The fraction of sp³-hybridized carbons (Fsp3) is 0.889. The molecule has 0 heterocycles. The predicted molar refractivity (Wildman–Crippen MR) is 86.8 cm³/mol. The van der Waals surface area contributed by atoms with Crippen LogP contribution in [-0.2, 0) is 9.53 Å². The summed E-state index contributed by atoms with van der Waals surface area (Å²) in [7, 11) is 0. The van der Waals surface area contributed by atoms with Gasteiger partial charge in [-0.2, -0.15) is 5.26 Å². The number of hydrogen-bond acceptors (Lipinski definition) is 3. The number of esters is 1. The van der Waals surface area contributed by atoms with Crippen molar-refractivity contribution >= 4 is 5.97 Å². The molecule has 0 aliphatic rings. The predicted octanol–water partition coefficient (Wildman–Crippen LogP) is 5.39. The highest BCUT2D eigenvalue weighted by Gasteiger charge is 2.34. The lowest BCUT2D eigenvalue weighted by molar-refractivity contribution is -0.151. The summed E-state index contributed by atoms with van der Waals surface area (Å²) in [6, 6.07) is 2.12. The summed E-state index contributed by atoms with van der Waals surface area (Å²) in [5.74, 6) is -0.372. The molecular formula is C18H33NO2. The molecule has 1 atom stereocenters. The van der Waals surface area contributed by atoms with Crippen molar-refractivity contribution in [2.24, 2.45) is 5.41 Å². The molecule has 0 spiro atoms. The number of hydrogen-bond donors (Lipinski definition) is 0. The number of carbonyl (C=O) groups excluding carboxylic acids is 1. The van der Waals surface area contributed by atoms with Gasteiger partial charge in [-0.3, -0.25) is 4.79 Å². The van der Waals surface area contributed by atoms with E-state index in [1.54, 1.807) is 13.8 Å². The van der Waals surface area contributed by atoms with E-state index in [0.717, 1.165) is 12.8 Å². The van der Waals surface area contributed by atoms with Crippen molar-refractivity contribution in [3.63, 3.8) is 0 Å². The Morgan fingerprint density at radius 1 is 0.952 bits per heavy atom. The first-order valence-electron chi connectivity index (χ1n) is 8.69. The molecule has 21 heavy (non-hydrogen) atoms. The first kappa shape index (κ1) is 20.0. The maximum absolute atomic E-state index is 11.7. The molecule has 0 aromatic carbocycles. The van der Waals surface area contributed by atoms with Crippen LogP contribution in [-0.4, -0.2) is 12.6 Å². The molecule has 0 amide bonds. The van der Waals surface area contributed by atoms with Crippen LogP contribution in [0.4, 0.5) is 0 Å². The zero-order valence-corrected chi connectivity index (χ0v) is 14.2. The van der Waals surface area contributed by atoms with Crippen molar-refractivity contribution in [1.29, 1.82) is 5.26 Å². The Morgan fingerprint density at radius 2 is 1.43 bits per heavy atom. The quantitative estimate of drug-likeness (QED) is 0.338. The highest BCUT2D eigenvalue weighted by molar-refractivity contribution is 5.79. The van der Waals surface area contributed by atoms with Gasteiger partial charge in [-0.1, -0.05) is 71.1 Å². The summed E-state index contributed by atoms with van der Waals surface area (Å²) in [5.41, 5.74) is -0.962. The molecule has 122 valence electrons. The Labute approximate surface area is 131 Å². The standard InChI is InChI=1S/C18H33NO2/c1-4-6-7-8-9-10-11-12-13-14-15-18(3,16-19)17(20)21-5-2/h4-15H2,1-3H3. The monoisotopic (exact) mass is 295 g/mol. The van der Waals surface area contributed by atoms with Crippen LogP contribution in [0.1, 0.15) is 91.4 Å². The van der Waals surface area contributed by atoms with Crippen LogP contribution in [0.15, 0.2) is 0 Å². The number of unbranched alkanes of at least 4 members (excludes halogenated alkanes) is 9. The minimum atomic E-state index is -0.962. The highest BCUT2D eigenvalue weighted by atomic mass is 16.5. The molecule has 3 nitrogen and oxygen atoms in total. The van der Waals surface area contributed by atoms with E-state index in [1.807, 2.05) is 0 Å². The van der Waals surface area contributed by atoms with Crippen LogP contribution in [0.2, 0.25) is 0 Å². The minimum Gasteiger partial charge on any atom is -0.465 e. The fourth-order valence-corrected chi connectivity index (χ4v) is 2.46. The van der Waals surface area contributed by atoms with E-state index >= 15 is 0 Å². The normalized spacial score (nSPS) is 13.4. The molecule has 1 unspecified atom stereocenters. The molecule has 0 fully saturated rings. The van der Waals surface area contributed by atoms with Gasteiger partial charge in [0.25, 0.3) is 0 Å². The Hall–Kier alpha value is -1.04. The molecule has 0 saturated heterocycles. The van der Waals surface area contributed by atoms with E-state index < -0.39 is 5.41 Å². The molecule has 0 radical (unpaired) electrons. The number of nitriles is 1. The summed E-state index contributed by atoms with van der Waals surface area (Å²) in [6.07, 6.45) is 13.2. The third-order valence-electron chi connectivity index (χ3n) is 4.00. The van der Waals surface area contributed by atoms with Crippen molar-refractivity contribution in [2.45, 2.75) is 91.4 Å². The van der Waals surface area contributed by atoms with Crippen LogP contribution in [0.3, 0.4) is 0 Å². The van der Waals surface area contributed by atoms with Crippen molar-refractivity contribution < 1.29 is 9.53 Å². The molecule has 0 N–H and O–H groups in total. The van der Waals surface area contributed by atoms with Crippen LogP contribution in [0.25, 0.3) is 0 Å². The summed E-state index contributed by atoms with van der Waals surface area (Å²) >= 11 is 0. The van der Waals surface area contributed by atoms with Crippen LogP contribution in [0, 0.1) is 16.7 Å². The largest absolute Gasteiger partial charge is 0.465 e. The van der Waals surface area contributed by atoms with Crippen molar-refractivity contribution in [2.75, 3.05) is 6.61 Å². The molecule has 0 saturated carbocycles. The van der Waals surface area contributed by atoms with Gasteiger partial charge in [0.2, 0.25) is 0 Å². The summed E-state index contributed by atoms with van der Waals surface area (Å²) < 4.78 is 4.98. The third-order valence-corrected chi connectivity index (χ3v) is 4.00. The average molecular weight is 295 g/mol. The zero-order chi connectivity index (χ0) is 16.0. The number of ether oxygens (including phenoxy) is 1. The SMILES string of the molecule is CCCCCCCCCCCCC(C)(C#N)C(=O)OCC. The lowest BCUT2D eigenvalue weighted by Gasteiger charge is -2.19. The molecule has 0 bridgehead atoms. The van der Waals surface area contributed by atoms with Crippen molar-refractivity contribution in [3.8, 4) is 6.07 Å². The van der Waals surface area contributed by atoms with E-state index in [4.69, 9.17) is 4.74 Å². The van der Waals surface area contributed by atoms with Crippen LogP contribution >= 0.6 is 0 Å². The molecule has 0 aliphatic heterocycles. The molecule has 0 aromatic rings. The Balaban J connectivity index is 3.60. The van der Waals surface area contributed by atoms with E-state index in [2.05, 4.69) is 13.0 Å². The zero-order valence-electron chi connectivity index (χ0n) is 14.2. The van der Waals surface area contributed by atoms with E-state index in [1.165, 1.54) is 51.4 Å². The lowest BCUT2D eigenvalue weighted by Crippen LogP contribution is -2.28. The number of carbonyl (C=O) groups is 1. The van der Waals surface area contributed by atoms with Gasteiger partial charge in [0, 0.05) is 0 Å². The van der Waals surface area contributed by atoms with Crippen LogP contribution < -0.4 is 0 Å². The van der Waals surface area contributed by atoms with Crippen molar-refractivity contribution in [1.82, 2.24) is 0 Å². The maximum Gasteiger partial charge on any atom is 0.326 e. The molecule has 3 heteroatoms. The first-order valence-corrected chi connectivity index (χ1v) is 8.69. The van der Waals surface area contributed by atoms with E-state index in [0.29, 0.717) is 13.0 Å². The van der Waals surface area contributed by atoms with Gasteiger partial charge in [-0.25, -0.2) is 0 Å². The van der Waals surface area contributed by atoms with Crippen LogP contribution in [0.5, 0.6) is 0 Å². The first-order chi connectivity index (χ1) is 10.1.